The molecule has 25 heavy (non-hydrogen) atoms. The van der Waals surface area contributed by atoms with Gasteiger partial charge in [0.1, 0.15) is 6.79 Å². The Balaban J connectivity index is 1.79. The predicted molar refractivity (Wildman–Crippen MR) is 93.5 cm³/mol. The van der Waals surface area contributed by atoms with Crippen LogP contribution in [0.1, 0.15) is 46.9 Å². The highest BCUT2D eigenvalue weighted by molar-refractivity contribution is 6.27. The Kier molecular flexibility index (Phi) is 4.18. The number of carbonyl (C=O) groups is 2. The van der Waals surface area contributed by atoms with E-state index < -0.39 is 0 Å². The van der Waals surface area contributed by atoms with E-state index in [9.17, 15) is 9.59 Å². The van der Waals surface area contributed by atoms with Gasteiger partial charge < -0.3 is 9.47 Å². The first-order valence-electron chi connectivity index (χ1n) is 8.82. The maximum atomic E-state index is 13.2. The fraction of sp³-hybridized carbons (Fsp3) is 0.429. The first-order valence-corrected chi connectivity index (χ1v) is 8.82. The zero-order valence-corrected chi connectivity index (χ0v) is 14.6. The van der Waals surface area contributed by atoms with Crippen molar-refractivity contribution in [3.05, 3.63) is 58.2 Å². The monoisotopic (exact) mass is 338 g/mol. The Morgan fingerprint density at radius 2 is 1.84 bits per heavy atom. The van der Waals surface area contributed by atoms with Crippen molar-refractivity contribution in [1.82, 2.24) is 0 Å². The zero-order chi connectivity index (χ0) is 17.6. The summed E-state index contributed by atoms with van der Waals surface area (Å²) in [5, 5.41) is 0. The number of rotatable bonds is 3. The summed E-state index contributed by atoms with van der Waals surface area (Å²) >= 11 is 0. The maximum absolute atomic E-state index is 13.2. The van der Waals surface area contributed by atoms with Gasteiger partial charge in [-0.15, -0.1) is 0 Å². The zero-order valence-electron chi connectivity index (χ0n) is 14.6. The van der Waals surface area contributed by atoms with E-state index in [4.69, 9.17) is 9.47 Å². The molecule has 0 aromatic heterocycles. The summed E-state index contributed by atoms with van der Waals surface area (Å²) in [5.74, 6) is 0.346. The maximum Gasteiger partial charge on any atom is 0.190 e. The molecular formula is C21H22O4. The minimum absolute atomic E-state index is 0.00962. The standard InChI is InChI=1S/C21H22O4/c1-12-9-13-7-8-16-19(18(13)17(10-12)25-11-24-2)21(23)15-6-4-3-5-14(15)20(16)22/h3-7,12,17-18H,8-11H2,1-2H3/t12-,17-,18-/m1/s1. The van der Waals surface area contributed by atoms with E-state index in [0.29, 0.717) is 34.6 Å². The van der Waals surface area contributed by atoms with Crippen LogP contribution in [0.15, 0.2) is 47.1 Å². The molecular weight excluding hydrogens is 316 g/mol. The molecule has 1 fully saturated rings. The van der Waals surface area contributed by atoms with E-state index in [-0.39, 0.29) is 30.4 Å². The lowest BCUT2D eigenvalue weighted by molar-refractivity contribution is -0.0939. The van der Waals surface area contributed by atoms with Crippen LogP contribution in [0.2, 0.25) is 0 Å². The molecule has 3 aliphatic carbocycles. The van der Waals surface area contributed by atoms with E-state index in [2.05, 4.69) is 13.0 Å². The van der Waals surface area contributed by atoms with Crippen LogP contribution < -0.4 is 0 Å². The van der Waals surface area contributed by atoms with Crippen molar-refractivity contribution in [2.24, 2.45) is 11.8 Å². The molecule has 3 aliphatic rings. The molecule has 1 aromatic rings. The van der Waals surface area contributed by atoms with Gasteiger partial charge in [0.25, 0.3) is 0 Å². The Hall–Kier alpha value is -2.04. The van der Waals surface area contributed by atoms with Gasteiger partial charge in [-0.2, -0.15) is 0 Å². The number of benzene rings is 1. The molecule has 1 aromatic carbocycles. The van der Waals surface area contributed by atoms with Crippen LogP contribution in [-0.2, 0) is 9.47 Å². The Morgan fingerprint density at radius 1 is 1.12 bits per heavy atom. The molecule has 0 N–H and O–H groups in total. The molecule has 0 heterocycles. The van der Waals surface area contributed by atoms with Gasteiger partial charge in [0.15, 0.2) is 11.6 Å². The fourth-order valence-corrected chi connectivity index (χ4v) is 4.50. The van der Waals surface area contributed by atoms with Crippen molar-refractivity contribution < 1.29 is 19.1 Å². The number of ether oxygens (including phenoxy) is 2. The number of hydrogen-bond acceptors (Lipinski definition) is 4. The first-order chi connectivity index (χ1) is 12.1. The molecule has 0 spiro atoms. The summed E-state index contributed by atoms with van der Waals surface area (Å²) in [6.45, 7) is 2.40. The minimum atomic E-state index is -0.125. The molecule has 0 radical (unpaired) electrons. The van der Waals surface area contributed by atoms with Crippen molar-refractivity contribution >= 4 is 11.6 Å². The number of methoxy groups -OCH3 is 1. The van der Waals surface area contributed by atoms with Gasteiger partial charge in [-0.05, 0) is 25.2 Å². The molecule has 130 valence electrons. The molecule has 0 unspecified atom stereocenters. The largest absolute Gasteiger partial charge is 0.359 e. The summed E-state index contributed by atoms with van der Waals surface area (Å²) in [4.78, 5) is 26.2. The van der Waals surface area contributed by atoms with Gasteiger partial charge in [-0.25, -0.2) is 0 Å². The Morgan fingerprint density at radius 3 is 2.56 bits per heavy atom. The lowest BCUT2D eigenvalue weighted by Crippen LogP contribution is -2.40. The van der Waals surface area contributed by atoms with E-state index in [0.717, 1.165) is 12.8 Å². The van der Waals surface area contributed by atoms with Gasteiger partial charge in [0, 0.05) is 35.3 Å². The van der Waals surface area contributed by atoms with Crippen LogP contribution >= 0.6 is 0 Å². The molecule has 3 atom stereocenters. The SMILES string of the molecule is COCO[C@@H]1C[C@H](C)CC2=CCC3=C(C(=O)c4ccccc4C3=O)[C@H]21. The summed E-state index contributed by atoms with van der Waals surface area (Å²) in [6.07, 6.45) is 4.38. The first kappa shape index (κ1) is 16.4. The number of fused-ring (bicyclic) bond motifs is 3. The average molecular weight is 338 g/mol. The molecule has 0 bridgehead atoms. The normalized spacial score (nSPS) is 28.2. The second-order valence-electron chi connectivity index (χ2n) is 7.21. The third kappa shape index (κ3) is 2.60. The van der Waals surface area contributed by atoms with E-state index in [1.54, 1.807) is 19.2 Å². The van der Waals surface area contributed by atoms with Crippen molar-refractivity contribution in [3.8, 4) is 0 Å². The summed E-state index contributed by atoms with van der Waals surface area (Å²) in [7, 11) is 1.60. The van der Waals surface area contributed by atoms with Gasteiger partial charge in [0.2, 0.25) is 0 Å². The lowest BCUT2D eigenvalue weighted by Gasteiger charge is -2.41. The number of carbonyl (C=O) groups excluding carboxylic acids is 2. The predicted octanol–water partition coefficient (Wildman–Crippen LogP) is 3.73. The van der Waals surface area contributed by atoms with Gasteiger partial charge >= 0.3 is 0 Å². The molecule has 0 aliphatic heterocycles. The second-order valence-corrected chi connectivity index (χ2v) is 7.21. The van der Waals surface area contributed by atoms with Crippen molar-refractivity contribution in [1.29, 1.82) is 0 Å². The lowest BCUT2D eigenvalue weighted by atomic mass is 9.65. The van der Waals surface area contributed by atoms with Gasteiger partial charge in [0.05, 0.1) is 6.10 Å². The third-order valence-electron chi connectivity index (χ3n) is 5.53. The van der Waals surface area contributed by atoms with Crippen molar-refractivity contribution in [2.45, 2.75) is 32.3 Å². The van der Waals surface area contributed by atoms with Crippen LogP contribution in [0.25, 0.3) is 0 Å². The summed E-state index contributed by atoms with van der Waals surface area (Å²) < 4.78 is 11.0. The highest BCUT2D eigenvalue weighted by atomic mass is 16.7. The number of Topliss-reactive ketones (excluding diaryl/α,β-unsaturated/α-hetero) is 2. The van der Waals surface area contributed by atoms with E-state index in [1.165, 1.54) is 5.57 Å². The van der Waals surface area contributed by atoms with Crippen molar-refractivity contribution in [3.63, 3.8) is 0 Å². The molecule has 0 amide bonds. The molecule has 0 saturated heterocycles. The molecule has 4 rings (SSSR count). The highest BCUT2D eigenvalue weighted by Gasteiger charge is 2.44. The second kappa shape index (κ2) is 6.36. The van der Waals surface area contributed by atoms with Crippen LogP contribution in [0.4, 0.5) is 0 Å². The van der Waals surface area contributed by atoms with E-state index >= 15 is 0 Å². The number of hydrogen-bond donors (Lipinski definition) is 0. The van der Waals surface area contributed by atoms with Crippen LogP contribution in [-0.4, -0.2) is 31.6 Å². The van der Waals surface area contributed by atoms with E-state index in [1.807, 2.05) is 12.1 Å². The number of ketones is 2. The third-order valence-corrected chi connectivity index (χ3v) is 5.53. The topological polar surface area (TPSA) is 52.6 Å². The summed E-state index contributed by atoms with van der Waals surface area (Å²) in [6, 6.07) is 7.14. The van der Waals surface area contributed by atoms with Crippen LogP contribution in [0.5, 0.6) is 0 Å². The summed E-state index contributed by atoms with van der Waals surface area (Å²) in [5.41, 5.74) is 3.60. The molecule has 4 heteroatoms. The highest BCUT2D eigenvalue weighted by Crippen LogP contribution is 2.46. The Bertz CT molecular complexity index is 802. The van der Waals surface area contributed by atoms with Crippen LogP contribution in [0, 0.1) is 11.8 Å². The minimum Gasteiger partial charge on any atom is -0.359 e. The van der Waals surface area contributed by atoms with Crippen LogP contribution in [0.3, 0.4) is 0 Å². The molecule has 4 nitrogen and oxygen atoms in total. The smallest absolute Gasteiger partial charge is 0.190 e. The Labute approximate surface area is 147 Å². The quantitative estimate of drug-likeness (QED) is 0.622. The van der Waals surface area contributed by atoms with Crippen molar-refractivity contribution in [2.75, 3.05) is 13.9 Å². The molecule has 1 saturated carbocycles. The fourth-order valence-electron chi connectivity index (χ4n) is 4.50. The van der Waals surface area contributed by atoms with Gasteiger partial charge in [-0.1, -0.05) is 42.8 Å². The van der Waals surface area contributed by atoms with Gasteiger partial charge in [-0.3, -0.25) is 9.59 Å². The average Bonchev–Trinajstić information content (AvgIpc) is 2.63. The number of allylic oxidation sites excluding steroid dienone is 2.